The highest BCUT2D eigenvalue weighted by Crippen LogP contribution is 1.98. The van der Waals surface area contributed by atoms with Crippen molar-refractivity contribution in [3.8, 4) is 0 Å². The number of halogens is 1. The summed E-state index contributed by atoms with van der Waals surface area (Å²) in [5.41, 5.74) is 0. The van der Waals surface area contributed by atoms with Crippen molar-refractivity contribution in [3.05, 3.63) is 20.2 Å². The Kier molecular flexibility index (Phi) is 7.17. The molecule has 12 heteroatoms. The zero-order valence-electron chi connectivity index (χ0n) is 8.15. The lowest BCUT2D eigenvalue weighted by molar-refractivity contribution is -0.790. The summed E-state index contributed by atoms with van der Waals surface area (Å²) in [6.07, 6.45) is -2.64. The van der Waals surface area contributed by atoms with E-state index in [9.17, 15) is 25.0 Å². The maximum Gasteiger partial charge on any atom is 0.509 e. The second kappa shape index (κ2) is 8.15. The van der Waals surface area contributed by atoms with E-state index in [0.717, 1.165) is 0 Å². The van der Waals surface area contributed by atoms with Crippen LogP contribution in [0, 0.1) is 20.2 Å². The number of hydrogen-bond acceptors (Lipinski definition) is 9. The SMILES string of the molecule is O=C(OCCl)OCC(CO[N+](=O)[O-])O[N+](=O)[O-]. The first-order chi connectivity index (χ1) is 7.95. The highest BCUT2D eigenvalue weighted by atomic mass is 35.5. The maximum absolute atomic E-state index is 10.6. The van der Waals surface area contributed by atoms with Crippen LogP contribution < -0.4 is 0 Å². The fourth-order valence-corrected chi connectivity index (χ4v) is 0.711. The highest BCUT2D eigenvalue weighted by molar-refractivity contribution is 6.17. The number of nitrogens with zero attached hydrogens (tertiary/aromatic N) is 2. The fraction of sp³-hybridized carbons (Fsp3) is 0.800. The van der Waals surface area contributed by atoms with Crippen molar-refractivity contribution in [3.63, 3.8) is 0 Å². The molecule has 0 saturated heterocycles. The number of hydrogen-bond donors (Lipinski definition) is 0. The average molecular weight is 275 g/mol. The number of carbonyl (C=O) groups is 1. The van der Waals surface area contributed by atoms with Crippen LogP contribution >= 0.6 is 11.6 Å². The Balaban J connectivity index is 4.04. The van der Waals surface area contributed by atoms with Crippen molar-refractivity contribution >= 4 is 17.8 Å². The van der Waals surface area contributed by atoms with Crippen LogP contribution in [0.2, 0.25) is 0 Å². The Morgan fingerprint density at radius 2 is 1.82 bits per heavy atom. The number of ether oxygens (including phenoxy) is 2. The lowest BCUT2D eigenvalue weighted by Crippen LogP contribution is -2.30. The van der Waals surface area contributed by atoms with Crippen molar-refractivity contribution in [1.82, 2.24) is 0 Å². The van der Waals surface area contributed by atoms with Gasteiger partial charge in [-0.1, -0.05) is 11.6 Å². The predicted octanol–water partition coefficient (Wildman–Crippen LogP) is 0.121. The van der Waals surface area contributed by atoms with Crippen molar-refractivity contribution in [1.29, 1.82) is 0 Å². The van der Waals surface area contributed by atoms with Crippen LogP contribution in [0.25, 0.3) is 0 Å². The largest absolute Gasteiger partial charge is 0.509 e. The summed E-state index contributed by atoms with van der Waals surface area (Å²) >= 11 is 5.02. The van der Waals surface area contributed by atoms with E-state index < -0.39 is 41.7 Å². The molecule has 0 N–H and O–H groups in total. The van der Waals surface area contributed by atoms with Crippen LogP contribution in [0.4, 0.5) is 4.79 Å². The Bertz CT molecular complexity index is 285. The molecule has 98 valence electrons. The van der Waals surface area contributed by atoms with Gasteiger partial charge in [-0.3, -0.25) is 0 Å². The molecule has 0 spiro atoms. The summed E-state index contributed by atoms with van der Waals surface area (Å²) in [5.74, 6) is 0. The zero-order chi connectivity index (χ0) is 13.3. The first-order valence-corrected chi connectivity index (χ1v) is 4.43. The molecule has 11 nitrogen and oxygen atoms in total. The third kappa shape index (κ3) is 8.92. The van der Waals surface area contributed by atoms with E-state index in [1.807, 2.05) is 0 Å². The van der Waals surface area contributed by atoms with Crippen LogP contribution in [0.15, 0.2) is 0 Å². The number of alkyl halides is 1. The summed E-state index contributed by atoms with van der Waals surface area (Å²) in [5, 5.41) is 17.5. The van der Waals surface area contributed by atoms with E-state index in [1.165, 1.54) is 0 Å². The van der Waals surface area contributed by atoms with Crippen LogP contribution in [0.5, 0.6) is 0 Å². The molecular formula is C5H7ClN2O9. The molecule has 0 aromatic heterocycles. The molecule has 0 aromatic rings. The van der Waals surface area contributed by atoms with E-state index in [0.29, 0.717) is 0 Å². The van der Waals surface area contributed by atoms with Gasteiger partial charge in [-0.2, -0.15) is 0 Å². The molecule has 0 heterocycles. The van der Waals surface area contributed by atoms with Crippen LogP contribution in [-0.4, -0.2) is 41.7 Å². The molecule has 0 amide bonds. The monoisotopic (exact) mass is 274 g/mol. The minimum absolute atomic E-state index is 0.467. The molecule has 0 rings (SSSR count). The average Bonchev–Trinajstić information content (AvgIpc) is 2.21. The second-order valence-electron chi connectivity index (χ2n) is 2.28. The summed E-state index contributed by atoms with van der Waals surface area (Å²) in [4.78, 5) is 38.3. The van der Waals surface area contributed by atoms with Crippen LogP contribution in [-0.2, 0) is 19.1 Å². The quantitative estimate of drug-likeness (QED) is 0.261. The first kappa shape index (κ1) is 15.0. The summed E-state index contributed by atoms with van der Waals surface area (Å²) < 4.78 is 8.43. The first-order valence-electron chi connectivity index (χ1n) is 3.89. The lowest BCUT2D eigenvalue weighted by Gasteiger charge is -2.13. The molecule has 0 fully saturated rings. The lowest BCUT2D eigenvalue weighted by atomic mass is 10.4. The van der Waals surface area contributed by atoms with E-state index in [-0.39, 0.29) is 0 Å². The van der Waals surface area contributed by atoms with Gasteiger partial charge in [0, 0.05) is 0 Å². The second-order valence-corrected chi connectivity index (χ2v) is 2.50. The number of rotatable bonds is 8. The maximum atomic E-state index is 10.6. The van der Waals surface area contributed by atoms with E-state index in [2.05, 4.69) is 19.1 Å². The minimum atomic E-state index is -1.45. The molecule has 0 aliphatic carbocycles. The van der Waals surface area contributed by atoms with Gasteiger partial charge < -0.3 is 19.1 Å². The summed E-state index contributed by atoms with van der Waals surface area (Å²) in [6.45, 7) is -1.44. The van der Waals surface area contributed by atoms with Gasteiger partial charge in [0.05, 0.1) is 0 Å². The van der Waals surface area contributed by atoms with E-state index in [4.69, 9.17) is 11.6 Å². The standard InChI is InChI=1S/C5H7ClN2O9/c6-3-15-5(9)14-1-4(17-8(12)13)2-16-7(10)11/h4H,1-3H2. The van der Waals surface area contributed by atoms with Gasteiger partial charge >= 0.3 is 6.16 Å². The molecular weight excluding hydrogens is 268 g/mol. The smallest absolute Gasteiger partial charge is 0.432 e. The van der Waals surface area contributed by atoms with Gasteiger partial charge in [0.25, 0.3) is 10.2 Å². The van der Waals surface area contributed by atoms with Crippen molar-refractivity contribution in [2.75, 3.05) is 19.3 Å². The molecule has 0 aliphatic heterocycles. The molecule has 0 bridgehead atoms. The third-order valence-electron chi connectivity index (χ3n) is 1.16. The minimum Gasteiger partial charge on any atom is -0.432 e. The molecule has 0 saturated carbocycles. The Labute approximate surface area is 98.3 Å². The van der Waals surface area contributed by atoms with Gasteiger partial charge in [0.1, 0.15) is 13.2 Å². The van der Waals surface area contributed by atoms with E-state index in [1.54, 1.807) is 0 Å². The van der Waals surface area contributed by atoms with Crippen molar-refractivity contribution in [2.45, 2.75) is 6.10 Å². The fourth-order valence-electron chi connectivity index (χ4n) is 0.622. The van der Waals surface area contributed by atoms with Crippen LogP contribution in [0.1, 0.15) is 0 Å². The van der Waals surface area contributed by atoms with Gasteiger partial charge in [-0.15, -0.1) is 20.2 Å². The normalized spacial score (nSPS) is 11.1. The molecule has 0 aliphatic rings. The van der Waals surface area contributed by atoms with Gasteiger partial charge in [0.2, 0.25) is 0 Å². The third-order valence-corrected chi connectivity index (χ3v) is 1.27. The molecule has 1 atom stereocenters. The molecule has 0 aromatic carbocycles. The van der Waals surface area contributed by atoms with Gasteiger partial charge in [-0.25, -0.2) is 4.79 Å². The Morgan fingerprint density at radius 3 is 2.29 bits per heavy atom. The van der Waals surface area contributed by atoms with Crippen molar-refractivity contribution < 1.29 is 34.1 Å². The topological polar surface area (TPSA) is 140 Å². The van der Waals surface area contributed by atoms with Gasteiger partial charge in [-0.05, 0) is 0 Å². The van der Waals surface area contributed by atoms with Gasteiger partial charge in [0.15, 0.2) is 12.2 Å². The Hall–Kier alpha value is -2.04. The molecule has 0 radical (unpaired) electrons. The number of carbonyl (C=O) groups excluding carboxylic acids is 1. The molecule has 1 unspecified atom stereocenters. The van der Waals surface area contributed by atoms with Crippen molar-refractivity contribution in [2.24, 2.45) is 0 Å². The van der Waals surface area contributed by atoms with E-state index >= 15 is 0 Å². The summed E-state index contributed by atoms with van der Waals surface area (Å²) in [6, 6.07) is -0.467. The zero-order valence-corrected chi connectivity index (χ0v) is 8.90. The highest BCUT2D eigenvalue weighted by Gasteiger charge is 2.18. The predicted molar refractivity (Wildman–Crippen MR) is 48.0 cm³/mol. The summed E-state index contributed by atoms with van der Waals surface area (Å²) in [7, 11) is 0. The molecule has 17 heavy (non-hydrogen) atoms. The van der Waals surface area contributed by atoms with Crippen LogP contribution in [0.3, 0.4) is 0 Å². The Morgan fingerprint density at radius 1 is 1.18 bits per heavy atom.